The lowest BCUT2D eigenvalue weighted by Gasteiger charge is -2.33. The van der Waals surface area contributed by atoms with E-state index in [9.17, 15) is 0 Å². The molecule has 1 saturated heterocycles. The van der Waals surface area contributed by atoms with Crippen LogP contribution in [0, 0.1) is 5.92 Å². The van der Waals surface area contributed by atoms with Gasteiger partial charge in [0.1, 0.15) is 5.75 Å². The molecule has 0 aliphatic carbocycles. The summed E-state index contributed by atoms with van der Waals surface area (Å²) in [5.41, 5.74) is 1.14. The van der Waals surface area contributed by atoms with Crippen molar-refractivity contribution in [2.75, 3.05) is 37.0 Å². The van der Waals surface area contributed by atoms with E-state index >= 15 is 0 Å². The normalized spacial score (nSPS) is 18.0. The molecule has 1 aromatic carbocycles. The first-order valence-electron chi connectivity index (χ1n) is 8.10. The highest BCUT2D eigenvalue weighted by Crippen LogP contribution is 2.32. The van der Waals surface area contributed by atoms with Crippen molar-refractivity contribution in [2.45, 2.75) is 26.4 Å². The lowest BCUT2D eigenvalue weighted by atomic mass is 9.99. The first-order chi connectivity index (χ1) is 11.1. The van der Waals surface area contributed by atoms with Gasteiger partial charge in [0.05, 0.1) is 5.69 Å². The Kier molecular flexibility index (Phi) is 4.69. The zero-order valence-corrected chi connectivity index (χ0v) is 14.0. The second kappa shape index (κ2) is 6.89. The Hall–Kier alpha value is -2.24. The van der Waals surface area contributed by atoms with E-state index < -0.39 is 0 Å². The van der Waals surface area contributed by atoms with Crippen LogP contribution in [0.5, 0.6) is 5.75 Å². The molecule has 0 saturated carbocycles. The molecule has 2 aromatic rings. The van der Waals surface area contributed by atoms with Crippen LogP contribution >= 0.6 is 0 Å². The Morgan fingerprint density at radius 2 is 2.17 bits per heavy atom. The van der Waals surface area contributed by atoms with E-state index in [-0.39, 0.29) is 6.61 Å². The van der Waals surface area contributed by atoms with Crippen molar-refractivity contribution in [1.82, 2.24) is 10.1 Å². The van der Waals surface area contributed by atoms with Crippen molar-refractivity contribution in [3.05, 3.63) is 30.2 Å². The van der Waals surface area contributed by atoms with Crippen LogP contribution in [0.1, 0.15) is 25.7 Å². The molecule has 1 unspecified atom stereocenters. The molecular weight excluding hydrogens is 292 g/mol. The number of ether oxygens (including phenoxy) is 1. The quantitative estimate of drug-likeness (QED) is 0.845. The van der Waals surface area contributed by atoms with Crippen molar-refractivity contribution >= 4 is 11.6 Å². The van der Waals surface area contributed by atoms with Crippen LogP contribution < -0.4 is 14.5 Å². The Balaban J connectivity index is 1.70. The van der Waals surface area contributed by atoms with E-state index in [1.807, 2.05) is 26.2 Å². The van der Waals surface area contributed by atoms with Gasteiger partial charge in [-0.25, -0.2) is 0 Å². The Morgan fingerprint density at radius 1 is 1.35 bits per heavy atom. The van der Waals surface area contributed by atoms with Gasteiger partial charge in [-0.2, -0.15) is 4.98 Å². The van der Waals surface area contributed by atoms with E-state index in [4.69, 9.17) is 9.26 Å². The van der Waals surface area contributed by atoms with Gasteiger partial charge in [-0.05, 0) is 36.0 Å². The lowest BCUT2D eigenvalue weighted by Crippen LogP contribution is -2.34. The summed E-state index contributed by atoms with van der Waals surface area (Å²) in [6, 6.07) is 8.16. The van der Waals surface area contributed by atoms with E-state index in [2.05, 4.69) is 34.1 Å². The van der Waals surface area contributed by atoms with Crippen molar-refractivity contribution in [2.24, 2.45) is 5.92 Å². The number of hydrogen-bond acceptors (Lipinski definition) is 6. The molecule has 0 bridgehead atoms. The van der Waals surface area contributed by atoms with Gasteiger partial charge in [-0.3, -0.25) is 0 Å². The number of piperidine rings is 1. The highest BCUT2D eigenvalue weighted by Gasteiger charge is 2.19. The monoisotopic (exact) mass is 316 g/mol. The van der Waals surface area contributed by atoms with Crippen molar-refractivity contribution < 1.29 is 9.26 Å². The maximum Gasteiger partial charge on any atom is 0.266 e. The van der Waals surface area contributed by atoms with E-state index in [1.165, 1.54) is 12.8 Å². The lowest BCUT2D eigenvalue weighted by molar-refractivity contribution is 0.243. The zero-order chi connectivity index (χ0) is 16.2. The highest BCUT2D eigenvalue weighted by atomic mass is 16.5. The SMILES string of the molecule is CC1CCCN(c2ccccc2OCc2nc(N(C)C)no2)C1. The maximum atomic E-state index is 5.95. The number of anilines is 2. The number of benzene rings is 1. The molecule has 1 aliphatic rings. The fourth-order valence-corrected chi connectivity index (χ4v) is 2.87. The summed E-state index contributed by atoms with van der Waals surface area (Å²) in [5, 5.41) is 3.90. The predicted octanol–water partition coefficient (Wildman–Crippen LogP) is 2.95. The number of aromatic nitrogens is 2. The number of rotatable bonds is 5. The largest absolute Gasteiger partial charge is 0.482 e. The molecule has 0 radical (unpaired) electrons. The summed E-state index contributed by atoms with van der Waals surface area (Å²) in [6.45, 7) is 4.74. The van der Waals surface area contributed by atoms with Gasteiger partial charge in [0, 0.05) is 27.2 Å². The summed E-state index contributed by atoms with van der Waals surface area (Å²) < 4.78 is 11.2. The molecule has 0 N–H and O–H groups in total. The molecule has 0 spiro atoms. The van der Waals surface area contributed by atoms with Gasteiger partial charge in [0.25, 0.3) is 11.8 Å². The van der Waals surface area contributed by atoms with E-state index in [0.717, 1.165) is 30.4 Å². The third-order valence-electron chi connectivity index (χ3n) is 4.07. The van der Waals surface area contributed by atoms with Gasteiger partial charge < -0.3 is 19.1 Å². The van der Waals surface area contributed by atoms with Crippen LogP contribution in [-0.2, 0) is 6.61 Å². The molecular formula is C17H24N4O2. The minimum absolute atomic E-state index is 0.279. The summed E-state index contributed by atoms with van der Waals surface area (Å²) >= 11 is 0. The van der Waals surface area contributed by atoms with Gasteiger partial charge in [0.2, 0.25) is 0 Å². The summed E-state index contributed by atoms with van der Waals surface area (Å²) in [7, 11) is 3.75. The van der Waals surface area contributed by atoms with Gasteiger partial charge in [-0.1, -0.05) is 19.1 Å². The molecule has 1 fully saturated rings. The highest BCUT2D eigenvalue weighted by molar-refractivity contribution is 5.58. The van der Waals surface area contributed by atoms with Crippen LogP contribution in [0.2, 0.25) is 0 Å². The molecule has 6 nitrogen and oxygen atoms in total. The van der Waals surface area contributed by atoms with Crippen LogP contribution in [0.3, 0.4) is 0 Å². The first kappa shape index (κ1) is 15.6. The second-order valence-electron chi connectivity index (χ2n) is 6.33. The van der Waals surface area contributed by atoms with Crippen LogP contribution in [0.4, 0.5) is 11.6 Å². The summed E-state index contributed by atoms with van der Waals surface area (Å²) in [4.78, 5) is 8.50. The average Bonchev–Trinajstić information content (AvgIpc) is 3.02. The topological polar surface area (TPSA) is 54.6 Å². The minimum Gasteiger partial charge on any atom is -0.482 e. The molecule has 1 aromatic heterocycles. The van der Waals surface area contributed by atoms with Gasteiger partial charge in [0.15, 0.2) is 6.61 Å². The Labute approximate surface area is 137 Å². The molecule has 0 amide bonds. The Bertz CT molecular complexity index is 641. The van der Waals surface area contributed by atoms with Crippen LogP contribution in [0.15, 0.2) is 28.8 Å². The Morgan fingerprint density at radius 3 is 2.91 bits per heavy atom. The number of nitrogens with zero attached hydrogens (tertiary/aromatic N) is 4. The zero-order valence-electron chi connectivity index (χ0n) is 14.0. The fraction of sp³-hybridized carbons (Fsp3) is 0.529. The number of hydrogen-bond donors (Lipinski definition) is 0. The van der Waals surface area contributed by atoms with Gasteiger partial charge in [-0.15, -0.1) is 0 Å². The average molecular weight is 316 g/mol. The third-order valence-corrected chi connectivity index (χ3v) is 4.07. The van der Waals surface area contributed by atoms with Crippen LogP contribution in [-0.4, -0.2) is 37.3 Å². The molecule has 3 rings (SSSR count). The smallest absolute Gasteiger partial charge is 0.266 e. The van der Waals surface area contributed by atoms with E-state index in [0.29, 0.717) is 11.8 Å². The number of para-hydroxylation sites is 2. The van der Waals surface area contributed by atoms with Crippen LogP contribution in [0.25, 0.3) is 0 Å². The molecule has 1 aliphatic heterocycles. The summed E-state index contributed by atoms with van der Waals surface area (Å²) in [5.74, 6) is 2.62. The van der Waals surface area contributed by atoms with Crippen molar-refractivity contribution in [3.8, 4) is 5.75 Å². The fourth-order valence-electron chi connectivity index (χ4n) is 2.87. The van der Waals surface area contributed by atoms with Crippen molar-refractivity contribution in [1.29, 1.82) is 0 Å². The van der Waals surface area contributed by atoms with Gasteiger partial charge >= 0.3 is 0 Å². The minimum atomic E-state index is 0.279. The molecule has 1 atom stereocenters. The third kappa shape index (κ3) is 3.75. The molecule has 124 valence electrons. The predicted molar refractivity (Wildman–Crippen MR) is 90.0 cm³/mol. The molecule has 6 heteroatoms. The molecule has 2 heterocycles. The van der Waals surface area contributed by atoms with Crippen molar-refractivity contribution in [3.63, 3.8) is 0 Å². The first-order valence-corrected chi connectivity index (χ1v) is 8.10. The second-order valence-corrected chi connectivity index (χ2v) is 6.33. The standard InChI is InChI=1S/C17H24N4O2/c1-13-7-6-10-21(11-13)14-8-4-5-9-15(14)22-12-16-18-17(19-23-16)20(2)3/h4-5,8-9,13H,6-7,10-12H2,1-3H3. The maximum absolute atomic E-state index is 5.95. The van der Waals surface area contributed by atoms with E-state index in [1.54, 1.807) is 4.90 Å². The summed E-state index contributed by atoms with van der Waals surface area (Å²) in [6.07, 6.45) is 2.53. The molecule has 23 heavy (non-hydrogen) atoms.